The Morgan fingerprint density at radius 1 is 1.13 bits per heavy atom. The van der Waals surface area contributed by atoms with Gasteiger partial charge < -0.3 is 5.11 Å². The second-order valence-corrected chi connectivity index (χ2v) is 5.96. The molecule has 5 heteroatoms. The number of aromatic nitrogens is 2. The number of thioether (sulfide) groups is 1. The van der Waals surface area contributed by atoms with Gasteiger partial charge in [0.1, 0.15) is 0 Å². The number of rotatable bonds is 5. The van der Waals surface area contributed by atoms with Gasteiger partial charge in [0.15, 0.2) is 0 Å². The minimum atomic E-state index is -0.861. The van der Waals surface area contributed by atoms with E-state index in [0.29, 0.717) is 11.3 Å². The molecule has 0 aliphatic carbocycles. The molecule has 23 heavy (non-hydrogen) atoms. The lowest BCUT2D eigenvalue weighted by atomic mass is 10.1. The summed E-state index contributed by atoms with van der Waals surface area (Å²) in [5, 5.41) is 13.8. The molecular weight excluding hydrogens is 308 g/mol. The minimum Gasteiger partial charge on any atom is -0.481 e. The third-order valence-corrected chi connectivity index (χ3v) is 4.26. The monoisotopic (exact) mass is 324 g/mol. The molecule has 116 valence electrons. The Balaban J connectivity index is 2.06. The number of carbonyl (C=O) groups is 1. The Morgan fingerprint density at radius 3 is 2.43 bits per heavy atom. The highest BCUT2D eigenvalue weighted by Crippen LogP contribution is 2.26. The van der Waals surface area contributed by atoms with Gasteiger partial charge in [-0.15, -0.1) is 11.8 Å². The van der Waals surface area contributed by atoms with Gasteiger partial charge in [0.05, 0.1) is 17.8 Å². The minimum absolute atomic E-state index is 0.0492. The second-order valence-electron chi connectivity index (χ2n) is 5.08. The van der Waals surface area contributed by atoms with Crippen molar-refractivity contribution in [1.82, 2.24) is 9.78 Å². The second kappa shape index (κ2) is 6.71. The Morgan fingerprint density at radius 2 is 1.83 bits per heavy atom. The lowest BCUT2D eigenvalue weighted by molar-refractivity contribution is -0.136. The maximum Gasteiger partial charge on any atom is 0.307 e. The van der Waals surface area contributed by atoms with Crippen molar-refractivity contribution in [3.05, 3.63) is 66.4 Å². The van der Waals surface area contributed by atoms with Gasteiger partial charge >= 0.3 is 5.97 Å². The number of carboxylic acid groups (broad SMARTS) is 1. The number of hydrogen-bond donors (Lipinski definition) is 1. The normalized spacial score (nSPS) is 10.7. The van der Waals surface area contributed by atoms with E-state index < -0.39 is 5.97 Å². The largest absolute Gasteiger partial charge is 0.481 e. The van der Waals surface area contributed by atoms with Crippen LogP contribution in [0.3, 0.4) is 0 Å². The summed E-state index contributed by atoms with van der Waals surface area (Å²) in [6, 6.07) is 17.7. The van der Waals surface area contributed by atoms with Gasteiger partial charge in [-0.1, -0.05) is 30.3 Å². The van der Waals surface area contributed by atoms with Crippen LogP contribution in [0.15, 0.2) is 65.7 Å². The van der Waals surface area contributed by atoms with Crippen LogP contribution in [-0.2, 0) is 11.2 Å². The highest BCUT2D eigenvalue weighted by molar-refractivity contribution is 7.98. The summed E-state index contributed by atoms with van der Waals surface area (Å²) >= 11 is 1.67. The highest BCUT2D eigenvalue weighted by Gasteiger charge is 2.14. The van der Waals surface area contributed by atoms with Crippen LogP contribution < -0.4 is 0 Å². The summed E-state index contributed by atoms with van der Waals surface area (Å²) in [4.78, 5) is 12.3. The van der Waals surface area contributed by atoms with Crippen molar-refractivity contribution in [1.29, 1.82) is 0 Å². The molecule has 0 aliphatic heterocycles. The highest BCUT2D eigenvalue weighted by atomic mass is 32.2. The van der Waals surface area contributed by atoms with Gasteiger partial charge in [0.2, 0.25) is 0 Å². The van der Waals surface area contributed by atoms with Crippen molar-refractivity contribution in [3.63, 3.8) is 0 Å². The maximum absolute atomic E-state index is 11.2. The summed E-state index contributed by atoms with van der Waals surface area (Å²) in [6.07, 6.45) is 3.77. The van der Waals surface area contributed by atoms with Crippen molar-refractivity contribution in [3.8, 4) is 16.9 Å². The fraction of sp³-hybridized carbons (Fsp3) is 0.111. The molecule has 0 saturated heterocycles. The number of aliphatic carboxylic acids is 1. The summed E-state index contributed by atoms with van der Waals surface area (Å²) in [5.74, 6) is -0.861. The molecule has 0 unspecified atom stereocenters. The van der Waals surface area contributed by atoms with Crippen LogP contribution in [0, 0.1) is 0 Å². The molecule has 0 aliphatic rings. The molecular formula is C18H16N2O2S. The first-order valence-electron chi connectivity index (χ1n) is 7.17. The molecule has 0 saturated carbocycles. The number of nitrogens with zero attached hydrogens (tertiary/aromatic N) is 2. The van der Waals surface area contributed by atoms with Gasteiger partial charge in [0, 0.05) is 22.2 Å². The third kappa shape index (κ3) is 3.46. The molecule has 1 heterocycles. The molecule has 3 aromatic rings. The van der Waals surface area contributed by atoms with Crippen LogP contribution in [-0.4, -0.2) is 27.1 Å². The van der Waals surface area contributed by atoms with Gasteiger partial charge in [-0.3, -0.25) is 4.79 Å². The Hall–Kier alpha value is -2.53. The van der Waals surface area contributed by atoms with Crippen molar-refractivity contribution >= 4 is 17.7 Å². The van der Waals surface area contributed by atoms with E-state index in [-0.39, 0.29) is 6.42 Å². The Kier molecular flexibility index (Phi) is 4.48. The zero-order valence-corrected chi connectivity index (χ0v) is 13.5. The standard InChI is InChI=1S/C18H16N2O2S/c1-23-16-9-7-13(8-10-16)18-14(11-17(21)22)12-20(19-18)15-5-3-2-4-6-15/h2-10,12H,11H2,1H3,(H,21,22). The molecule has 0 bridgehead atoms. The topological polar surface area (TPSA) is 55.1 Å². The van der Waals surface area contributed by atoms with E-state index in [9.17, 15) is 4.79 Å². The van der Waals surface area contributed by atoms with Gasteiger partial charge in [0.25, 0.3) is 0 Å². The molecule has 0 fully saturated rings. The lowest BCUT2D eigenvalue weighted by Crippen LogP contribution is -2.00. The fourth-order valence-electron chi connectivity index (χ4n) is 2.41. The molecule has 0 atom stereocenters. The van der Waals surface area contributed by atoms with Crippen molar-refractivity contribution in [2.45, 2.75) is 11.3 Å². The smallest absolute Gasteiger partial charge is 0.307 e. The van der Waals surface area contributed by atoms with E-state index in [0.717, 1.165) is 16.1 Å². The van der Waals surface area contributed by atoms with Crippen LogP contribution in [0.2, 0.25) is 0 Å². The first-order chi connectivity index (χ1) is 11.2. The van der Waals surface area contributed by atoms with Gasteiger partial charge in [-0.25, -0.2) is 4.68 Å². The number of para-hydroxylation sites is 1. The third-order valence-electron chi connectivity index (χ3n) is 3.52. The summed E-state index contributed by atoms with van der Waals surface area (Å²) < 4.78 is 1.73. The molecule has 2 aromatic carbocycles. The molecule has 0 radical (unpaired) electrons. The van der Waals surface area contributed by atoms with E-state index in [4.69, 9.17) is 5.11 Å². The first-order valence-corrected chi connectivity index (χ1v) is 8.40. The molecule has 1 aromatic heterocycles. The summed E-state index contributed by atoms with van der Waals surface area (Å²) in [7, 11) is 0. The zero-order valence-electron chi connectivity index (χ0n) is 12.6. The maximum atomic E-state index is 11.2. The van der Waals surface area contributed by atoms with Crippen molar-refractivity contribution in [2.24, 2.45) is 0 Å². The fourth-order valence-corrected chi connectivity index (χ4v) is 2.82. The Labute approximate surface area is 138 Å². The van der Waals surface area contributed by atoms with E-state index in [1.54, 1.807) is 22.6 Å². The van der Waals surface area contributed by atoms with E-state index in [1.165, 1.54) is 0 Å². The predicted octanol–water partition coefficient (Wildman–Crippen LogP) is 3.89. The van der Waals surface area contributed by atoms with Crippen LogP contribution in [0.4, 0.5) is 0 Å². The quantitative estimate of drug-likeness (QED) is 0.724. The Bertz CT molecular complexity index is 811. The summed E-state index contributed by atoms with van der Waals surface area (Å²) in [6.45, 7) is 0. The van der Waals surface area contributed by atoms with E-state index in [2.05, 4.69) is 5.10 Å². The van der Waals surface area contributed by atoms with Crippen molar-refractivity contribution in [2.75, 3.05) is 6.26 Å². The van der Waals surface area contributed by atoms with E-state index >= 15 is 0 Å². The summed E-state index contributed by atoms with van der Waals surface area (Å²) in [5.41, 5.74) is 3.25. The van der Waals surface area contributed by atoms with Gasteiger partial charge in [-0.2, -0.15) is 5.10 Å². The number of hydrogen-bond acceptors (Lipinski definition) is 3. The number of benzene rings is 2. The average Bonchev–Trinajstić information content (AvgIpc) is 2.99. The molecule has 0 amide bonds. The molecule has 1 N–H and O–H groups in total. The van der Waals surface area contributed by atoms with Gasteiger partial charge in [-0.05, 0) is 30.5 Å². The van der Waals surface area contributed by atoms with Crippen LogP contribution in [0.1, 0.15) is 5.56 Å². The SMILES string of the molecule is CSc1ccc(-c2nn(-c3ccccc3)cc2CC(=O)O)cc1. The van der Waals surface area contributed by atoms with E-state index in [1.807, 2.05) is 60.9 Å². The zero-order chi connectivity index (χ0) is 16.2. The molecule has 0 spiro atoms. The molecule has 3 rings (SSSR count). The number of carboxylic acids is 1. The van der Waals surface area contributed by atoms with Crippen LogP contribution in [0.25, 0.3) is 16.9 Å². The predicted molar refractivity (Wildman–Crippen MR) is 92.1 cm³/mol. The van der Waals surface area contributed by atoms with Crippen molar-refractivity contribution < 1.29 is 9.90 Å². The van der Waals surface area contributed by atoms with Crippen LogP contribution >= 0.6 is 11.8 Å². The average molecular weight is 324 g/mol. The lowest BCUT2D eigenvalue weighted by Gasteiger charge is -2.02. The molecule has 4 nitrogen and oxygen atoms in total. The van der Waals surface area contributed by atoms with Crippen LogP contribution in [0.5, 0.6) is 0 Å². The first kappa shape index (κ1) is 15.4.